The minimum absolute atomic E-state index is 0.0925. The van der Waals surface area contributed by atoms with Crippen LogP contribution in [0.3, 0.4) is 0 Å². The molecular weight excluding hydrogens is 248 g/mol. The van der Waals surface area contributed by atoms with Crippen LogP contribution in [0.25, 0.3) is 0 Å². The van der Waals surface area contributed by atoms with Gasteiger partial charge in [-0.1, -0.05) is 0 Å². The van der Waals surface area contributed by atoms with E-state index in [1.54, 1.807) is 6.07 Å². The molecule has 0 saturated carbocycles. The van der Waals surface area contributed by atoms with Crippen LogP contribution in [0.5, 0.6) is 11.5 Å². The number of Topliss-reactive ketones (excluding diaryl/α,β-unsaturated/α-hetero) is 1. The van der Waals surface area contributed by atoms with Crippen molar-refractivity contribution in [2.24, 2.45) is 0 Å². The predicted molar refractivity (Wildman–Crippen MR) is 67.8 cm³/mol. The Kier molecular flexibility index (Phi) is 3.74. The van der Waals surface area contributed by atoms with Crippen LogP contribution in [0.15, 0.2) is 12.1 Å². The number of carbonyl (C=O) groups is 2. The molecule has 5 nitrogen and oxygen atoms in total. The molecule has 2 rings (SSSR count). The third-order valence-electron chi connectivity index (χ3n) is 2.97. The van der Waals surface area contributed by atoms with Crippen LogP contribution >= 0.6 is 0 Å². The largest absolute Gasteiger partial charge is 0.494 e. The van der Waals surface area contributed by atoms with E-state index in [2.05, 4.69) is 0 Å². The Morgan fingerprint density at radius 2 is 2.21 bits per heavy atom. The lowest BCUT2D eigenvalue weighted by atomic mass is 10.0. The summed E-state index contributed by atoms with van der Waals surface area (Å²) in [4.78, 5) is 22.0. The first-order chi connectivity index (χ1) is 9.01. The number of carbonyl (C=O) groups excluding carboxylic acids is 1. The fourth-order valence-corrected chi connectivity index (χ4v) is 2.16. The molecule has 102 valence electrons. The van der Waals surface area contributed by atoms with Crippen molar-refractivity contribution in [3.05, 3.63) is 23.3 Å². The fraction of sp³-hybridized carbons (Fsp3) is 0.429. The van der Waals surface area contributed by atoms with E-state index in [1.165, 1.54) is 0 Å². The van der Waals surface area contributed by atoms with Crippen molar-refractivity contribution >= 4 is 11.8 Å². The maximum atomic E-state index is 11.3. The minimum atomic E-state index is -1.43. The van der Waals surface area contributed by atoms with Crippen LogP contribution in [-0.4, -0.2) is 29.6 Å². The molecule has 0 aromatic heterocycles. The molecule has 1 aliphatic heterocycles. The summed E-state index contributed by atoms with van der Waals surface area (Å²) in [7, 11) is 0. The third-order valence-corrected chi connectivity index (χ3v) is 2.97. The quantitative estimate of drug-likeness (QED) is 0.818. The number of ether oxygens (including phenoxy) is 2. The fourth-order valence-electron chi connectivity index (χ4n) is 2.16. The monoisotopic (exact) mass is 264 g/mol. The first-order valence-corrected chi connectivity index (χ1v) is 6.22. The number of carboxylic acid groups (broad SMARTS) is 1. The highest BCUT2D eigenvalue weighted by Gasteiger charge is 2.23. The predicted octanol–water partition coefficient (Wildman–Crippen LogP) is 1.60. The molecule has 1 aliphatic rings. The Bertz CT molecular complexity index is 521. The van der Waals surface area contributed by atoms with Gasteiger partial charge in [0.1, 0.15) is 17.6 Å². The molecule has 0 bridgehead atoms. The second kappa shape index (κ2) is 5.30. The van der Waals surface area contributed by atoms with Gasteiger partial charge in [-0.15, -0.1) is 0 Å². The van der Waals surface area contributed by atoms with E-state index in [1.807, 2.05) is 19.9 Å². The van der Waals surface area contributed by atoms with Gasteiger partial charge in [-0.3, -0.25) is 4.79 Å². The van der Waals surface area contributed by atoms with Gasteiger partial charge in [-0.05, 0) is 26.0 Å². The first kappa shape index (κ1) is 13.4. The van der Waals surface area contributed by atoms with E-state index in [0.717, 1.165) is 12.0 Å². The zero-order valence-electron chi connectivity index (χ0n) is 10.9. The second-order valence-electron chi connectivity index (χ2n) is 4.54. The normalized spacial score (nSPS) is 16.6. The van der Waals surface area contributed by atoms with Gasteiger partial charge >= 0.3 is 5.97 Å². The van der Waals surface area contributed by atoms with E-state index in [9.17, 15) is 9.59 Å². The Morgan fingerprint density at radius 3 is 2.84 bits per heavy atom. The number of rotatable bonds is 5. The summed E-state index contributed by atoms with van der Waals surface area (Å²) in [6, 6.07) is 3.55. The smallest absolute Gasteiger partial charge is 0.372 e. The van der Waals surface area contributed by atoms with Crippen molar-refractivity contribution in [2.75, 3.05) is 6.61 Å². The molecule has 1 heterocycles. The Balaban J connectivity index is 2.33. The minimum Gasteiger partial charge on any atom is -0.494 e. The topological polar surface area (TPSA) is 72.8 Å². The zero-order valence-corrected chi connectivity index (χ0v) is 10.9. The summed E-state index contributed by atoms with van der Waals surface area (Å²) in [6.45, 7) is 4.26. The van der Waals surface area contributed by atoms with E-state index in [0.29, 0.717) is 23.7 Å². The summed E-state index contributed by atoms with van der Waals surface area (Å²) in [6.07, 6.45) is 0.702. The van der Waals surface area contributed by atoms with E-state index in [-0.39, 0.29) is 12.5 Å². The van der Waals surface area contributed by atoms with E-state index < -0.39 is 11.8 Å². The van der Waals surface area contributed by atoms with Crippen LogP contribution in [0.1, 0.15) is 25.0 Å². The number of aliphatic carboxylic acids is 1. The van der Waals surface area contributed by atoms with Gasteiger partial charge < -0.3 is 14.6 Å². The molecule has 1 unspecified atom stereocenters. The number of hydrogen-bond donors (Lipinski definition) is 1. The van der Waals surface area contributed by atoms with Crippen molar-refractivity contribution < 1.29 is 24.2 Å². The molecule has 0 spiro atoms. The molecule has 0 aliphatic carbocycles. The molecule has 5 heteroatoms. The molecule has 1 N–H and O–H groups in total. The molecule has 0 fully saturated rings. The molecule has 0 amide bonds. The van der Waals surface area contributed by atoms with Crippen molar-refractivity contribution in [3.8, 4) is 11.5 Å². The average molecular weight is 264 g/mol. The van der Waals surface area contributed by atoms with Gasteiger partial charge in [0.05, 0.1) is 6.61 Å². The maximum absolute atomic E-state index is 11.3. The van der Waals surface area contributed by atoms with Crippen LogP contribution in [0.2, 0.25) is 0 Å². The second-order valence-corrected chi connectivity index (χ2v) is 4.54. The lowest BCUT2D eigenvalue weighted by Gasteiger charge is -2.11. The van der Waals surface area contributed by atoms with Crippen molar-refractivity contribution in [2.45, 2.75) is 32.8 Å². The van der Waals surface area contributed by atoms with Crippen molar-refractivity contribution in [1.82, 2.24) is 0 Å². The molecule has 0 saturated heterocycles. The number of fused-ring (bicyclic) bond motifs is 1. The highest BCUT2D eigenvalue weighted by Crippen LogP contribution is 2.35. The number of carboxylic acids is 1. The highest BCUT2D eigenvalue weighted by molar-refractivity contribution is 6.33. The van der Waals surface area contributed by atoms with Gasteiger partial charge in [0.2, 0.25) is 5.78 Å². The van der Waals surface area contributed by atoms with Gasteiger partial charge in [-0.25, -0.2) is 4.79 Å². The SMILES string of the molecule is CCOc1cc2c(cc1CC(=O)C(=O)O)OC(C)C2. The lowest BCUT2D eigenvalue weighted by Crippen LogP contribution is -2.15. The molecule has 1 atom stereocenters. The van der Waals surface area contributed by atoms with Gasteiger partial charge in [-0.2, -0.15) is 0 Å². The Hall–Kier alpha value is -2.04. The maximum Gasteiger partial charge on any atom is 0.372 e. The zero-order chi connectivity index (χ0) is 14.0. The molecule has 0 radical (unpaired) electrons. The van der Waals surface area contributed by atoms with E-state index >= 15 is 0 Å². The average Bonchev–Trinajstić information content (AvgIpc) is 2.68. The number of hydrogen-bond acceptors (Lipinski definition) is 4. The van der Waals surface area contributed by atoms with E-state index in [4.69, 9.17) is 14.6 Å². The molecule has 1 aromatic rings. The van der Waals surface area contributed by atoms with Crippen LogP contribution in [0, 0.1) is 0 Å². The summed E-state index contributed by atoms with van der Waals surface area (Å²) in [5, 5.41) is 8.68. The summed E-state index contributed by atoms with van der Waals surface area (Å²) >= 11 is 0. The number of ketones is 1. The summed E-state index contributed by atoms with van der Waals surface area (Å²) < 4.78 is 11.1. The lowest BCUT2D eigenvalue weighted by molar-refractivity contribution is -0.148. The third kappa shape index (κ3) is 2.86. The highest BCUT2D eigenvalue weighted by atomic mass is 16.5. The van der Waals surface area contributed by atoms with Crippen LogP contribution in [-0.2, 0) is 22.4 Å². The molecular formula is C14H16O5. The van der Waals surface area contributed by atoms with Gasteiger partial charge in [0, 0.05) is 24.0 Å². The Labute approximate surface area is 111 Å². The van der Waals surface area contributed by atoms with Gasteiger partial charge in [0.25, 0.3) is 0 Å². The van der Waals surface area contributed by atoms with Crippen molar-refractivity contribution in [3.63, 3.8) is 0 Å². The summed E-state index contributed by atoms with van der Waals surface area (Å²) in [5.41, 5.74) is 1.59. The molecule has 1 aromatic carbocycles. The number of benzene rings is 1. The Morgan fingerprint density at radius 1 is 1.47 bits per heavy atom. The standard InChI is InChI=1S/C14H16O5/c1-3-18-12-6-9-4-8(2)19-13(9)7-10(12)5-11(15)14(16)17/h6-8H,3-5H2,1-2H3,(H,16,17). The first-order valence-electron chi connectivity index (χ1n) is 6.22. The van der Waals surface area contributed by atoms with Crippen LogP contribution in [0.4, 0.5) is 0 Å². The molecule has 19 heavy (non-hydrogen) atoms. The summed E-state index contributed by atoms with van der Waals surface area (Å²) in [5.74, 6) is -1.01. The van der Waals surface area contributed by atoms with Gasteiger partial charge in [0.15, 0.2) is 0 Å². The van der Waals surface area contributed by atoms with Crippen LogP contribution < -0.4 is 9.47 Å². The van der Waals surface area contributed by atoms with Crippen molar-refractivity contribution in [1.29, 1.82) is 0 Å².